The molecule has 6 heteroatoms. The van der Waals surface area contributed by atoms with Gasteiger partial charge in [0, 0.05) is 24.0 Å². The Morgan fingerprint density at radius 1 is 1.22 bits per heavy atom. The molecule has 0 N–H and O–H groups in total. The van der Waals surface area contributed by atoms with Gasteiger partial charge in [-0.05, 0) is 32.1 Å². The summed E-state index contributed by atoms with van der Waals surface area (Å²) < 4.78 is 26.6. The second-order valence-corrected chi connectivity index (χ2v) is 6.68. The van der Waals surface area contributed by atoms with Crippen LogP contribution in [0.3, 0.4) is 0 Å². The molecule has 2 aliphatic carbocycles. The van der Waals surface area contributed by atoms with Crippen molar-refractivity contribution < 1.29 is 28.5 Å². The molecule has 130 valence electrons. The van der Waals surface area contributed by atoms with Crippen molar-refractivity contribution in [3.63, 3.8) is 0 Å². The van der Waals surface area contributed by atoms with Gasteiger partial charge in [-0.2, -0.15) is 0 Å². The zero-order valence-electron chi connectivity index (χ0n) is 13.9. The molecule has 1 heterocycles. The lowest BCUT2D eigenvalue weighted by molar-refractivity contribution is -0.392. The predicted octanol–water partition coefficient (Wildman–Crippen LogP) is 1.88. The Kier molecular flexibility index (Phi) is 5.06. The van der Waals surface area contributed by atoms with E-state index in [2.05, 4.69) is 6.58 Å². The van der Waals surface area contributed by atoms with Gasteiger partial charge < -0.3 is 23.7 Å². The minimum atomic E-state index is -0.299. The van der Waals surface area contributed by atoms with Crippen LogP contribution in [0.15, 0.2) is 12.2 Å². The molecular formula is C17H26O6. The smallest absolute Gasteiger partial charge is 0.334 e. The van der Waals surface area contributed by atoms with Crippen LogP contribution >= 0.6 is 0 Å². The summed E-state index contributed by atoms with van der Waals surface area (Å²) in [6.07, 6.45) is 2.79. The van der Waals surface area contributed by atoms with Crippen LogP contribution in [0.2, 0.25) is 0 Å². The minimum Gasteiger partial charge on any atom is -0.460 e. The van der Waals surface area contributed by atoms with E-state index in [1.807, 2.05) is 6.92 Å². The van der Waals surface area contributed by atoms with Crippen molar-refractivity contribution in [2.75, 3.05) is 33.5 Å². The highest BCUT2D eigenvalue weighted by molar-refractivity contribution is 5.90. The fourth-order valence-corrected chi connectivity index (χ4v) is 3.89. The molecule has 0 aromatic heterocycles. The number of fused-ring (bicyclic) bond motifs is 1. The molecule has 0 amide bonds. The highest BCUT2D eigenvalue weighted by atomic mass is 16.9. The Hall–Kier alpha value is -0.950. The first-order valence-corrected chi connectivity index (χ1v) is 8.31. The van der Waals surface area contributed by atoms with Crippen molar-refractivity contribution in [1.29, 1.82) is 0 Å². The van der Waals surface area contributed by atoms with Gasteiger partial charge in [0.05, 0.1) is 19.8 Å². The molecule has 3 rings (SSSR count). The fourth-order valence-electron chi connectivity index (χ4n) is 3.89. The number of esters is 1. The number of ether oxygens (including phenoxy) is 5. The van der Waals surface area contributed by atoms with Gasteiger partial charge in [-0.15, -0.1) is 0 Å². The molecule has 1 saturated heterocycles. The zero-order valence-corrected chi connectivity index (χ0v) is 13.9. The first kappa shape index (κ1) is 16.9. The van der Waals surface area contributed by atoms with E-state index in [1.54, 1.807) is 7.11 Å². The Labute approximate surface area is 137 Å². The highest BCUT2D eigenvalue weighted by Crippen LogP contribution is 2.70. The molecule has 0 radical (unpaired) electrons. The lowest BCUT2D eigenvalue weighted by Gasteiger charge is -2.38. The van der Waals surface area contributed by atoms with E-state index in [0.717, 1.165) is 19.3 Å². The SMILES string of the molecule is C=C(C(=O)OCCOCCOC)C12CC(C3OC(C)O3)CC1C2. The first-order valence-electron chi connectivity index (χ1n) is 8.31. The fraction of sp³-hybridized carbons (Fsp3) is 0.824. The molecule has 3 fully saturated rings. The molecule has 0 bridgehead atoms. The van der Waals surface area contributed by atoms with Crippen molar-refractivity contribution in [2.45, 2.75) is 38.8 Å². The molecule has 2 saturated carbocycles. The van der Waals surface area contributed by atoms with Gasteiger partial charge in [-0.25, -0.2) is 4.79 Å². The van der Waals surface area contributed by atoms with Crippen molar-refractivity contribution in [3.8, 4) is 0 Å². The highest BCUT2D eigenvalue weighted by Gasteiger charge is 2.65. The first-order chi connectivity index (χ1) is 11.1. The zero-order chi connectivity index (χ0) is 16.4. The maximum absolute atomic E-state index is 12.2. The normalized spacial score (nSPS) is 37.8. The van der Waals surface area contributed by atoms with Crippen molar-refractivity contribution in [3.05, 3.63) is 12.2 Å². The van der Waals surface area contributed by atoms with Gasteiger partial charge in [0.15, 0.2) is 12.6 Å². The molecule has 1 aliphatic heterocycles. The maximum Gasteiger partial charge on any atom is 0.334 e. The number of rotatable bonds is 9. The predicted molar refractivity (Wildman–Crippen MR) is 81.5 cm³/mol. The van der Waals surface area contributed by atoms with Crippen LogP contribution < -0.4 is 0 Å². The third-order valence-electron chi connectivity index (χ3n) is 5.22. The summed E-state index contributed by atoms with van der Waals surface area (Å²) in [5, 5.41) is 0. The monoisotopic (exact) mass is 326 g/mol. The van der Waals surface area contributed by atoms with Gasteiger partial charge >= 0.3 is 5.97 Å². The molecule has 23 heavy (non-hydrogen) atoms. The van der Waals surface area contributed by atoms with E-state index in [-0.39, 0.29) is 30.6 Å². The lowest BCUT2D eigenvalue weighted by Crippen LogP contribution is -2.43. The summed E-state index contributed by atoms with van der Waals surface area (Å²) in [6, 6.07) is 0. The average molecular weight is 326 g/mol. The topological polar surface area (TPSA) is 63.2 Å². The van der Waals surface area contributed by atoms with Crippen LogP contribution in [0, 0.1) is 17.3 Å². The summed E-state index contributed by atoms with van der Waals surface area (Å²) in [4.78, 5) is 12.2. The number of carbonyl (C=O) groups is 1. The largest absolute Gasteiger partial charge is 0.460 e. The Balaban J connectivity index is 1.39. The van der Waals surface area contributed by atoms with E-state index >= 15 is 0 Å². The van der Waals surface area contributed by atoms with Gasteiger partial charge in [0.2, 0.25) is 0 Å². The quantitative estimate of drug-likeness (QED) is 0.366. The standard InChI is InChI=1S/C17H26O6/c1-11(15(18)21-7-6-20-5-4-19-3)17-9-13(8-14(17)10-17)16-22-12(2)23-16/h12-14,16H,1,4-10H2,2-3H3. The Morgan fingerprint density at radius 2 is 1.96 bits per heavy atom. The molecule has 0 aromatic carbocycles. The molecule has 0 spiro atoms. The maximum atomic E-state index is 12.2. The van der Waals surface area contributed by atoms with Crippen LogP contribution in [-0.2, 0) is 28.5 Å². The van der Waals surface area contributed by atoms with E-state index in [0.29, 0.717) is 37.2 Å². The van der Waals surface area contributed by atoms with Crippen molar-refractivity contribution in [1.82, 2.24) is 0 Å². The minimum absolute atomic E-state index is 0.0792. The number of hydrogen-bond acceptors (Lipinski definition) is 6. The van der Waals surface area contributed by atoms with E-state index < -0.39 is 0 Å². The van der Waals surface area contributed by atoms with E-state index in [9.17, 15) is 4.79 Å². The van der Waals surface area contributed by atoms with Crippen LogP contribution in [0.4, 0.5) is 0 Å². The molecular weight excluding hydrogens is 300 g/mol. The van der Waals surface area contributed by atoms with Gasteiger partial charge in [0.25, 0.3) is 0 Å². The van der Waals surface area contributed by atoms with E-state index in [4.69, 9.17) is 23.7 Å². The summed E-state index contributed by atoms with van der Waals surface area (Å²) in [5.41, 5.74) is 0.527. The van der Waals surface area contributed by atoms with E-state index in [1.165, 1.54) is 0 Å². The molecule has 3 unspecified atom stereocenters. The molecule has 0 aromatic rings. The van der Waals surface area contributed by atoms with Crippen LogP contribution in [0.25, 0.3) is 0 Å². The van der Waals surface area contributed by atoms with Crippen LogP contribution in [0.5, 0.6) is 0 Å². The van der Waals surface area contributed by atoms with Crippen molar-refractivity contribution >= 4 is 5.97 Å². The molecule has 6 nitrogen and oxygen atoms in total. The third kappa shape index (κ3) is 3.45. The molecule has 3 atom stereocenters. The van der Waals surface area contributed by atoms with Crippen molar-refractivity contribution in [2.24, 2.45) is 17.3 Å². The second kappa shape index (κ2) is 6.89. The Morgan fingerprint density at radius 3 is 2.65 bits per heavy atom. The Bertz CT molecular complexity index is 458. The summed E-state index contributed by atoms with van der Waals surface area (Å²) in [6.45, 7) is 7.58. The van der Waals surface area contributed by atoms with Crippen LogP contribution in [-0.4, -0.2) is 52.1 Å². The summed E-state index contributed by atoms with van der Waals surface area (Å²) in [7, 11) is 1.62. The second-order valence-electron chi connectivity index (χ2n) is 6.68. The lowest BCUT2D eigenvalue weighted by atomic mass is 9.90. The number of hydrogen-bond donors (Lipinski definition) is 0. The van der Waals surface area contributed by atoms with Crippen LogP contribution in [0.1, 0.15) is 26.2 Å². The van der Waals surface area contributed by atoms with Gasteiger partial charge in [-0.1, -0.05) is 6.58 Å². The average Bonchev–Trinajstić information content (AvgIpc) is 3.08. The number of methoxy groups -OCH3 is 1. The molecule has 3 aliphatic rings. The third-order valence-corrected chi connectivity index (χ3v) is 5.22. The van der Waals surface area contributed by atoms with Gasteiger partial charge in [-0.3, -0.25) is 0 Å². The number of carbonyl (C=O) groups excluding carboxylic acids is 1. The summed E-state index contributed by atoms with van der Waals surface area (Å²) in [5.74, 6) is 0.591. The summed E-state index contributed by atoms with van der Waals surface area (Å²) >= 11 is 0. The van der Waals surface area contributed by atoms with Gasteiger partial charge in [0.1, 0.15) is 6.61 Å².